The molecular formula is C21H29Cl2N3O2. The molecule has 1 aromatic carbocycles. The second kappa shape index (κ2) is 9.47. The maximum atomic E-state index is 12.4. The molecule has 28 heavy (non-hydrogen) atoms. The molecule has 0 radical (unpaired) electrons. The van der Waals surface area contributed by atoms with Crippen LogP contribution in [0.1, 0.15) is 44.1 Å². The van der Waals surface area contributed by atoms with E-state index in [0.29, 0.717) is 28.4 Å². The van der Waals surface area contributed by atoms with Crippen molar-refractivity contribution in [3.63, 3.8) is 0 Å². The lowest BCUT2D eigenvalue weighted by Crippen LogP contribution is -2.48. The van der Waals surface area contributed by atoms with Crippen LogP contribution in [0.2, 0.25) is 10.0 Å². The number of amides is 2. The normalized spacial score (nSPS) is 21.8. The van der Waals surface area contributed by atoms with Crippen molar-refractivity contribution in [1.82, 2.24) is 14.7 Å². The number of hydrogen-bond donors (Lipinski definition) is 0. The van der Waals surface area contributed by atoms with Gasteiger partial charge in [-0.2, -0.15) is 0 Å². The number of likely N-dealkylation sites (tertiary alicyclic amines) is 2. The lowest BCUT2D eigenvalue weighted by molar-refractivity contribution is -0.134. The third kappa shape index (κ3) is 5.19. The summed E-state index contributed by atoms with van der Waals surface area (Å²) < 4.78 is 0. The number of hydrogen-bond acceptors (Lipinski definition) is 3. The van der Waals surface area contributed by atoms with Crippen molar-refractivity contribution in [2.24, 2.45) is 0 Å². The Balaban J connectivity index is 1.50. The number of benzene rings is 1. The summed E-state index contributed by atoms with van der Waals surface area (Å²) in [5, 5.41) is 1.13. The topological polar surface area (TPSA) is 43.9 Å². The molecule has 0 bridgehead atoms. The highest BCUT2D eigenvalue weighted by atomic mass is 35.5. The average Bonchev–Trinajstić information content (AvgIpc) is 2.69. The molecule has 1 aromatic rings. The third-order valence-electron chi connectivity index (χ3n) is 6.20. The van der Waals surface area contributed by atoms with Crippen molar-refractivity contribution in [2.75, 3.05) is 39.8 Å². The molecule has 3 rings (SSSR count). The van der Waals surface area contributed by atoms with Crippen LogP contribution in [0.15, 0.2) is 18.2 Å². The van der Waals surface area contributed by atoms with Crippen LogP contribution in [-0.4, -0.2) is 72.3 Å². The summed E-state index contributed by atoms with van der Waals surface area (Å²) in [5.74, 6) is 0.677. The number of carbonyl (C=O) groups is 2. The van der Waals surface area contributed by atoms with E-state index in [9.17, 15) is 9.59 Å². The van der Waals surface area contributed by atoms with Gasteiger partial charge >= 0.3 is 0 Å². The zero-order chi connectivity index (χ0) is 20.3. The molecule has 2 aliphatic heterocycles. The van der Waals surface area contributed by atoms with Crippen molar-refractivity contribution in [2.45, 2.75) is 44.6 Å². The van der Waals surface area contributed by atoms with Crippen LogP contribution in [0.25, 0.3) is 0 Å². The van der Waals surface area contributed by atoms with E-state index in [2.05, 4.69) is 4.90 Å². The molecule has 2 fully saturated rings. The van der Waals surface area contributed by atoms with Gasteiger partial charge in [-0.25, -0.2) is 0 Å². The van der Waals surface area contributed by atoms with Crippen molar-refractivity contribution in [3.05, 3.63) is 33.8 Å². The Bertz CT molecular complexity index is 720. The van der Waals surface area contributed by atoms with Gasteiger partial charge in [0.25, 0.3) is 0 Å². The first kappa shape index (κ1) is 21.4. The number of halogens is 2. The Morgan fingerprint density at radius 3 is 2.50 bits per heavy atom. The van der Waals surface area contributed by atoms with Crippen LogP contribution >= 0.6 is 23.2 Å². The highest BCUT2D eigenvalue weighted by molar-refractivity contribution is 6.42. The fourth-order valence-corrected chi connectivity index (χ4v) is 4.53. The zero-order valence-corrected chi connectivity index (χ0v) is 18.2. The molecule has 0 aliphatic carbocycles. The highest BCUT2D eigenvalue weighted by Gasteiger charge is 2.28. The van der Waals surface area contributed by atoms with E-state index in [0.717, 1.165) is 57.5 Å². The van der Waals surface area contributed by atoms with E-state index in [1.54, 1.807) is 6.92 Å². The van der Waals surface area contributed by atoms with Gasteiger partial charge in [-0.15, -0.1) is 0 Å². The van der Waals surface area contributed by atoms with Gasteiger partial charge < -0.3 is 14.7 Å². The summed E-state index contributed by atoms with van der Waals surface area (Å²) in [6.45, 7) is 5.94. The molecule has 0 saturated carbocycles. The van der Waals surface area contributed by atoms with E-state index in [1.807, 2.05) is 35.0 Å². The van der Waals surface area contributed by atoms with Crippen LogP contribution < -0.4 is 0 Å². The molecule has 2 aliphatic rings. The van der Waals surface area contributed by atoms with Crippen LogP contribution in [0.4, 0.5) is 0 Å². The van der Waals surface area contributed by atoms with Gasteiger partial charge in [0.1, 0.15) is 0 Å². The molecule has 2 heterocycles. The summed E-state index contributed by atoms with van der Waals surface area (Å²) >= 11 is 12.2. The molecule has 7 heteroatoms. The van der Waals surface area contributed by atoms with Crippen molar-refractivity contribution in [1.29, 1.82) is 0 Å². The Kier molecular flexibility index (Phi) is 7.24. The number of piperidine rings is 2. The smallest absolute Gasteiger partial charge is 0.222 e. The number of carbonyl (C=O) groups excluding carboxylic acids is 2. The second-order valence-corrected chi connectivity index (χ2v) is 8.77. The monoisotopic (exact) mass is 425 g/mol. The lowest BCUT2D eigenvalue weighted by Gasteiger charge is -2.38. The molecule has 2 amide bonds. The minimum Gasteiger partial charge on any atom is -0.343 e. The molecule has 0 N–H and O–H groups in total. The first-order chi connectivity index (χ1) is 13.3. The number of nitrogens with zero attached hydrogens (tertiary/aromatic N) is 3. The first-order valence-electron chi connectivity index (χ1n) is 10.0. The minimum absolute atomic E-state index is 0.130. The Hall–Kier alpha value is -1.30. The fraction of sp³-hybridized carbons (Fsp3) is 0.619. The third-order valence-corrected chi connectivity index (χ3v) is 6.94. The molecule has 5 nitrogen and oxygen atoms in total. The SMILES string of the molecule is CC(=O)N(C)C1CCN(CCN2C[C@H](c3ccc(Cl)c(Cl)c3)CCC2=O)CC1. The Morgan fingerprint density at radius 1 is 1.14 bits per heavy atom. The van der Waals surface area contributed by atoms with Gasteiger partial charge in [0.15, 0.2) is 0 Å². The van der Waals surface area contributed by atoms with E-state index in [-0.39, 0.29) is 11.8 Å². The minimum atomic E-state index is 0.130. The summed E-state index contributed by atoms with van der Waals surface area (Å²) in [6.07, 6.45) is 3.43. The van der Waals surface area contributed by atoms with Crippen molar-refractivity contribution in [3.8, 4) is 0 Å². The van der Waals surface area contributed by atoms with Crippen LogP contribution in [0.5, 0.6) is 0 Å². The first-order valence-corrected chi connectivity index (χ1v) is 10.8. The van der Waals surface area contributed by atoms with Crippen molar-refractivity contribution < 1.29 is 9.59 Å². The quantitative estimate of drug-likeness (QED) is 0.722. The van der Waals surface area contributed by atoms with Crippen LogP contribution in [-0.2, 0) is 9.59 Å². The highest BCUT2D eigenvalue weighted by Crippen LogP contribution is 2.32. The Labute approximate surface area is 177 Å². The van der Waals surface area contributed by atoms with Gasteiger partial charge in [0.2, 0.25) is 11.8 Å². The fourth-order valence-electron chi connectivity index (χ4n) is 4.22. The van der Waals surface area contributed by atoms with Gasteiger partial charge in [0.05, 0.1) is 10.0 Å². The van der Waals surface area contributed by atoms with Crippen LogP contribution in [0.3, 0.4) is 0 Å². The van der Waals surface area contributed by atoms with E-state index in [1.165, 1.54) is 0 Å². The summed E-state index contributed by atoms with van der Waals surface area (Å²) in [4.78, 5) is 30.2. The predicted octanol–water partition coefficient (Wildman–Crippen LogP) is 3.64. The lowest BCUT2D eigenvalue weighted by atomic mass is 9.90. The molecule has 1 atom stereocenters. The standard InChI is InChI=1S/C21H29Cl2N3O2/c1-15(27)24(2)18-7-9-25(10-8-18)11-12-26-14-17(4-6-21(26)28)16-3-5-19(22)20(23)13-16/h3,5,13,17-18H,4,6-12,14H2,1-2H3/t17-/m1/s1. The summed E-state index contributed by atoms with van der Waals surface area (Å²) in [6, 6.07) is 6.12. The average molecular weight is 426 g/mol. The predicted molar refractivity (Wildman–Crippen MR) is 113 cm³/mol. The van der Waals surface area contributed by atoms with Gasteiger partial charge in [-0.05, 0) is 37.0 Å². The summed E-state index contributed by atoms with van der Waals surface area (Å²) in [7, 11) is 1.89. The molecule has 0 aromatic heterocycles. The zero-order valence-electron chi connectivity index (χ0n) is 16.7. The van der Waals surface area contributed by atoms with Gasteiger partial charge in [-0.3, -0.25) is 9.59 Å². The van der Waals surface area contributed by atoms with Crippen molar-refractivity contribution >= 4 is 35.0 Å². The van der Waals surface area contributed by atoms with E-state index in [4.69, 9.17) is 23.2 Å². The Morgan fingerprint density at radius 2 is 1.86 bits per heavy atom. The second-order valence-electron chi connectivity index (χ2n) is 7.95. The van der Waals surface area contributed by atoms with Gasteiger partial charge in [-0.1, -0.05) is 29.3 Å². The van der Waals surface area contributed by atoms with E-state index < -0.39 is 0 Å². The molecule has 0 unspecified atom stereocenters. The maximum Gasteiger partial charge on any atom is 0.222 e. The van der Waals surface area contributed by atoms with Gasteiger partial charge in [0, 0.05) is 65.1 Å². The maximum absolute atomic E-state index is 12.4. The molecule has 2 saturated heterocycles. The van der Waals surface area contributed by atoms with Crippen LogP contribution in [0, 0.1) is 0 Å². The van der Waals surface area contributed by atoms with E-state index >= 15 is 0 Å². The summed E-state index contributed by atoms with van der Waals surface area (Å²) in [5.41, 5.74) is 1.15. The molecule has 0 spiro atoms. The largest absolute Gasteiger partial charge is 0.343 e. The molecule has 154 valence electrons. The number of rotatable bonds is 5. The molecular weight excluding hydrogens is 397 g/mol.